The molecule has 0 aromatic heterocycles. The van der Waals surface area contributed by atoms with Crippen LogP contribution in [-0.4, -0.2) is 57.0 Å². The van der Waals surface area contributed by atoms with Crippen molar-refractivity contribution in [1.29, 1.82) is 0 Å². The quantitative estimate of drug-likeness (QED) is 0.712. The lowest BCUT2D eigenvalue weighted by molar-refractivity contribution is 0.288. The fraction of sp³-hybridized carbons (Fsp3) is 1.00. The molecule has 2 fully saturated rings. The Balaban J connectivity index is 1.55. The summed E-state index contributed by atoms with van der Waals surface area (Å²) in [6.45, 7) is 3.87. The maximum atomic E-state index is 11.4. The SMILES string of the molecule is O=S1(=O)CCCN(CCCCNC2CC2)CC1. The van der Waals surface area contributed by atoms with Gasteiger partial charge in [0.1, 0.15) is 0 Å². The highest BCUT2D eigenvalue weighted by molar-refractivity contribution is 7.91. The Morgan fingerprint density at radius 1 is 1.12 bits per heavy atom. The molecule has 1 saturated heterocycles. The highest BCUT2D eigenvalue weighted by Gasteiger charge is 2.20. The summed E-state index contributed by atoms with van der Waals surface area (Å²) in [6, 6.07) is 0.804. The van der Waals surface area contributed by atoms with E-state index in [2.05, 4.69) is 10.2 Å². The molecule has 1 aliphatic heterocycles. The first-order valence-corrected chi connectivity index (χ1v) is 8.64. The van der Waals surface area contributed by atoms with Gasteiger partial charge in [-0.25, -0.2) is 8.42 Å². The monoisotopic (exact) mass is 260 g/mol. The van der Waals surface area contributed by atoms with Crippen LogP contribution >= 0.6 is 0 Å². The topological polar surface area (TPSA) is 49.4 Å². The van der Waals surface area contributed by atoms with Crippen molar-refractivity contribution < 1.29 is 8.42 Å². The lowest BCUT2D eigenvalue weighted by Gasteiger charge is -2.18. The van der Waals surface area contributed by atoms with Gasteiger partial charge in [0.15, 0.2) is 9.84 Å². The third-order valence-electron chi connectivity index (χ3n) is 3.56. The molecule has 5 heteroatoms. The van der Waals surface area contributed by atoms with Gasteiger partial charge in [-0.2, -0.15) is 0 Å². The molecule has 1 N–H and O–H groups in total. The van der Waals surface area contributed by atoms with Crippen LogP contribution in [0.2, 0.25) is 0 Å². The van der Waals surface area contributed by atoms with E-state index in [1.807, 2.05) is 0 Å². The highest BCUT2D eigenvalue weighted by Crippen LogP contribution is 2.18. The van der Waals surface area contributed by atoms with Crippen LogP contribution in [-0.2, 0) is 9.84 Å². The molecule has 17 heavy (non-hydrogen) atoms. The van der Waals surface area contributed by atoms with Crippen LogP contribution in [0.5, 0.6) is 0 Å². The molecule has 0 aromatic rings. The minimum Gasteiger partial charge on any atom is -0.314 e. The van der Waals surface area contributed by atoms with Crippen LogP contribution in [0.15, 0.2) is 0 Å². The van der Waals surface area contributed by atoms with Gasteiger partial charge in [-0.15, -0.1) is 0 Å². The van der Waals surface area contributed by atoms with Crippen molar-refractivity contribution in [2.75, 3.05) is 37.7 Å². The van der Waals surface area contributed by atoms with E-state index >= 15 is 0 Å². The Labute approximate surface area is 105 Å². The standard InChI is InChI=1S/C12H24N2O2S/c15-17(16)10-3-8-14(9-11-17)7-2-1-6-13-12-4-5-12/h12-13H,1-11H2. The highest BCUT2D eigenvalue weighted by atomic mass is 32.2. The van der Waals surface area contributed by atoms with Gasteiger partial charge in [0.25, 0.3) is 0 Å². The molecule has 0 atom stereocenters. The number of nitrogens with zero attached hydrogens (tertiary/aromatic N) is 1. The first-order valence-electron chi connectivity index (χ1n) is 6.82. The smallest absolute Gasteiger partial charge is 0.151 e. The second-order valence-corrected chi connectivity index (χ2v) is 7.59. The molecule has 2 aliphatic rings. The molecule has 0 radical (unpaired) electrons. The summed E-state index contributed by atoms with van der Waals surface area (Å²) in [5.41, 5.74) is 0. The summed E-state index contributed by atoms with van der Waals surface area (Å²) in [5.74, 6) is 0.736. The first kappa shape index (κ1) is 13.3. The number of nitrogens with one attached hydrogen (secondary N) is 1. The predicted molar refractivity (Wildman–Crippen MR) is 70.0 cm³/mol. The van der Waals surface area contributed by atoms with Crippen LogP contribution in [0, 0.1) is 0 Å². The van der Waals surface area contributed by atoms with Crippen molar-refractivity contribution in [3.05, 3.63) is 0 Å². The van der Waals surface area contributed by atoms with Crippen molar-refractivity contribution >= 4 is 9.84 Å². The van der Waals surface area contributed by atoms with Gasteiger partial charge >= 0.3 is 0 Å². The maximum Gasteiger partial charge on any atom is 0.151 e. The zero-order valence-electron chi connectivity index (χ0n) is 10.5. The number of hydrogen-bond acceptors (Lipinski definition) is 4. The Kier molecular flexibility index (Phi) is 4.82. The van der Waals surface area contributed by atoms with Gasteiger partial charge in [-0.05, 0) is 51.7 Å². The second kappa shape index (κ2) is 6.16. The molecule has 1 saturated carbocycles. The van der Waals surface area contributed by atoms with Crippen LogP contribution in [0.3, 0.4) is 0 Å². The molecule has 1 aliphatic carbocycles. The van der Waals surface area contributed by atoms with Gasteiger partial charge < -0.3 is 10.2 Å². The Hall–Kier alpha value is -0.130. The molecule has 4 nitrogen and oxygen atoms in total. The molecular formula is C12H24N2O2S. The largest absolute Gasteiger partial charge is 0.314 e. The second-order valence-electron chi connectivity index (χ2n) is 5.28. The zero-order chi connectivity index (χ0) is 12.1. The molecule has 0 amide bonds. The van der Waals surface area contributed by atoms with Crippen LogP contribution in [0.4, 0.5) is 0 Å². The number of rotatable bonds is 6. The van der Waals surface area contributed by atoms with E-state index < -0.39 is 9.84 Å². The van der Waals surface area contributed by atoms with E-state index in [0.29, 0.717) is 11.5 Å². The maximum absolute atomic E-state index is 11.4. The predicted octanol–water partition coefficient (Wildman–Crippen LogP) is 0.639. The number of sulfone groups is 1. The molecule has 1 heterocycles. The van der Waals surface area contributed by atoms with Gasteiger partial charge in [0, 0.05) is 12.6 Å². The van der Waals surface area contributed by atoms with E-state index in [0.717, 1.165) is 38.6 Å². The lowest BCUT2D eigenvalue weighted by Crippen LogP contribution is -2.28. The van der Waals surface area contributed by atoms with E-state index in [1.54, 1.807) is 0 Å². The molecule has 2 rings (SSSR count). The Morgan fingerprint density at radius 3 is 2.71 bits per heavy atom. The van der Waals surface area contributed by atoms with E-state index in [9.17, 15) is 8.42 Å². The van der Waals surface area contributed by atoms with Crippen molar-refractivity contribution in [3.63, 3.8) is 0 Å². The van der Waals surface area contributed by atoms with E-state index in [1.165, 1.54) is 25.7 Å². The Morgan fingerprint density at radius 2 is 1.94 bits per heavy atom. The van der Waals surface area contributed by atoms with Crippen LogP contribution in [0.25, 0.3) is 0 Å². The molecule has 0 aromatic carbocycles. The molecule has 0 spiro atoms. The summed E-state index contributed by atoms with van der Waals surface area (Å²) < 4.78 is 22.9. The fourth-order valence-corrected chi connectivity index (χ4v) is 3.58. The third-order valence-corrected chi connectivity index (χ3v) is 5.27. The summed E-state index contributed by atoms with van der Waals surface area (Å²) in [5, 5.41) is 3.51. The van der Waals surface area contributed by atoms with Gasteiger partial charge in [0.2, 0.25) is 0 Å². The van der Waals surface area contributed by atoms with Crippen molar-refractivity contribution in [3.8, 4) is 0 Å². The number of hydrogen-bond donors (Lipinski definition) is 1. The average molecular weight is 260 g/mol. The first-order chi connectivity index (χ1) is 8.16. The number of unbranched alkanes of at least 4 members (excludes halogenated alkanes) is 1. The summed E-state index contributed by atoms with van der Waals surface area (Å²) >= 11 is 0. The molecular weight excluding hydrogens is 236 g/mol. The zero-order valence-corrected chi connectivity index (χ0v) is 11.3. The fourth-order valence-electron chi connectivity index (χ4n) is 2.27. The van der Waals surface area contributed by atoms with E-state index in [-0.39, 0.29) is 0 Å². The van der Waals surface area contributed by atoms with E-state index in [4.69, 9.17) is 0 Å². The summed E-state index contributed by atoms with van der Waals surface area (Å²) in [7, 11) is -2.74. The minimum absolute atomic E-state index is 0.354. The lowest BCUT2D eigenvalue weighted by atomic mass is 10.2. The minimum atomic E-state index is -2.74. The summed E-state index contributed by atoms with van der Waals surface area (Å²) in [4.78, 5) is 2.31. The van der Waals surface area contributed by atoms with Crippen LogP contribution in [0.1, 0.15) is 32.1 Å². The molecule has 100 valence electrons. The van der Waals surface area contributed by atoms with Gasteiger partial charge in [0.05, 0.1) is 11.5 Å². The Bertz CT molecular complexity index is 325. The average Bonchev–Trinajstić information content (AvgIpc) is 3.08. The summed E-state index contributed by atoms with van der Waals surface area (Å²) in [6.07, 6.45) is 5.90. The van der Waals surface area contributed by atoms with Crippen molar-refractivity contribution in [1.82, 2.24) is 10.2 Å². The molecule has 0 unspecified atom stereocenters. The van der Waals surface area contributed by atoms with Crippen LogP contribution < -0.4 is 5.32 Å². The normalized spacial score (nSPS) is 25.6. The van der Waals surface area contributed by atoms with Crippen molar-refractivity contribution in [2.24, 2.45) is 0 Å². The third kappa shape index (κ3) is 5.36. The van der Waals surface area contributed by atoms with Gasteiger partial charge in [-0.1, -0.05) is 0 Å². The molecule has 0 bridgehead atoms. The van der Waals surface area contributed by atoms with Gasteiger partial charge in [-0.3, -0.25) is 0 Å². The van der Waals surface area contributed by atoms with Crippen molar-refractivity contribution in [2.45, 2.75) is 38.1 Å².